The van der Waals surface area contributed by atoms with E-state index in [0.717, 1.165) is 5.69 Å². The van der Waals surface area contributed by atoms with Gasteiger partial charge in [0.15, 0.2) is 17.4 Å². The monoisotopic (exact) mass is 271 g/mol. The third kappa shape index (κ3) is 2.92. The first-order valence-corrected chi connectivity index (χ1v) is 6.59. The van der Waals surface area contributed by atoms with Gasteiger partial charge in [-0.1, -0.05) is 18.2 Å². The second-order valence-electron chi connectivity index (χ2n) is 4.06. The lowest BCUT2D eigenvalue weighted by atomic mass is 10.2. The molecule has 1 aromatic rings. The van der Waals surface area contributed by atoms with Crippen molar-refractivity contribution in [1.82, 2.24) is 0 Å². The molecule has 4 heteroatoms. The molecule has 0 bridgehead atoms. The van der Waals surface area contributed by atoms with E-state index in [1.54, 1.807) is 17.2 Å². The Morgan fingerprint density at radius 2 is 1.80 bits per heavy atom. The van der Waals surface area contributed by atoms with Crippen LogP contribution in [0.3, 0.4) is 0 Å². The summed E-state index contributed by atoms with van der Waals surface area (Å²) in [5.74, 6) is 3.07. The SMILES string of the molecule is CCOC1=CN(c2ccccc2)C(=C=O)C(OCC)=C1. The van der Waals surface area contributed by atoms with E-state index in [0.29, 0.717) is 30.4 Å². The van der Waals surface area contributed by atoms with E-state index in [1.807, 2.05) is 50.1 Å². The predicted molar refractivity (Wildman–Crippen MR) is 77.5 cm³/mol. The zero-order chi connectivity index (χ0) is 14.4. The van der Waals surface area contributed by atoms with E-state index >= 15 is 0 Å². The quantitative estimate of drug-likeness (QED) is 0.772. The standard InChI is InChI=1S/C16H17NO3/c1-3-19-14-10-16(20-4-2)15(12-18)17(11-14)13-8-6-5-7-9-13/h5-11H,3-4H2,1-2H3. The summed E-state index contributed by atoms with van der Waals surface area (Å²) in [7, 11) is 0. The largest absolute Gasteiger partial charge is 0.492 e. The number of carbonyl (C=O) groups excluding carboxylic acids is 1. The van der Waals surface area contributed by atoms with Crippen LogP contribution in [0, 0.1) is 0 Å². The Morgan fingerprint density at radius 3 is 2.40 bits per heavy atom. The number of rotatable bonds is 5. The lowest BCUT2D eigenvalue weighted by molar-refractivity contribution is 0.216. The van der Waals surface area contributed by atoms with Gasteiger partial charge in [0.25, 0.3) is 0 Å². The molecule has 1 aliphatic rings. The molecule has 0 aromatic heterocycles. The third-order valence-corrected chi connectivity index (χ3v) is 2.75. The number of ether oxygens (including phenoxy) is 2. The number of hydrogen-bond donors (Lipinski definition) is 0. The molecule has 1 heterocycles. The Balaban J connectivity index is 2.44. The van der Waals surface area contributed by atoms with Crippen LogP contribution >= 0.6 is 0 Å². The Bertz CT molecular complexity index is 569. The Morgan fingerprint density at radius 1 is 1.10 bits per heavy atom. The predicted octanol–water partition coefficient (Wildman–Crippen LogP) is 3.02. The van der Waals surface area contributed by atoms with Crippen LogP contribution in [0.2, 0.25) is 0 Å². The second-order valence-corrected chi connectivity index (χ2v) is 4.06. The molecule has 0 amide bonds. The summed E-state index contributed by atoms with van der Waals surface area (Å²) >= 11 is 0. The van der Waals surface area contributed by atoms with Crippen LogP contribution in [0.5, 0.6) is 0 Å². The van der Waals surface area contributed by atoms with Crippen LogP contribution in [0.4, 0.5) is 5.69 Å². The molecule has 0 atom stereocenters. The van der Waals surface area contributed by atoms with Crippen molar-refractivity contribution in [3.8, 4) is 0 Å². The molecular weight excluding hydrogens is 254 g/mol. The van der Waals surface area contributed by atoms with Crippen molar-refractivity contribution >= 4 is 11.6 Å². The molecule has 0 N–H and O–H groups in total. The molecule has 0 unspecified atom stereocenters. The smallest absolute Gasteiger partial charge is 0.174 e. The van der Waals surface area contributed by atoms with Gasteiger partial charge in [0, 0.05) is 11.8 Å². The maximum Gasteiger partial charge on any atom is 0.174 e. The van der Waals surface area contributed by atoms with Crippen LogP contribution in [0.1, 0.15) is 13.8 Å². The molecule has 0 fully saturated rings. The van der Waals surface area contributed by atoms with Gasteiger partial charge in [-0.15, -0.1) is 0 Å². The van der Waals surface area contributed by atoms with Gasteiger partial charge in [-0.05, 0) is 26.0 Å². The molecule has 104 valence electrons. The summed E-state index contributed by atoms with van der Waals surface area (Å²) in [6.45, 7) is 4.80. The number of benzene rings is 1. The maximum absolute atomic E-state index is 11.3. The van der Waals surface area contributed by atoms with E-state index in [9.17, 15) is 4.79 Å². The van der Waals surface area contributed by atoms with Crippen LogP contribution in [-0.2, 0) is 14.3 Å². The highest BCUT2D eigenvalue weighted by atomic mass is 16.5. The summed E-state index contributed by atoms with van der Waals surface area (Å²) in [6.07, 6.45) is 3.48. The summed E-state index contributed by atoms with van der Waals surface area (Å²) in [6, 6.07) is 9.55. The summed E-state index contributed by atoms with van der Waals surface area (Å²) in [5.41, 5.74) is 1.20. The van der Waals surface area contributed by atoms with Gasteiger partial charge in [-0.25, -0.2) is 4.79 Å². The fourth-order valence-electron chi connectivity index (χ4n) is 1.95. The van der Waals surface area contributed by atoms with E-state index in [4.69, 9.17) is 9.47 Å². The minimum Gasteiger partial charge on any atom is -0.492 e. The second kappa shape index (κ2) is 6.64. The summed E-state index contributed by atoms with van der Waals surface area (Å²) in [4.78, 5) is 13.0. The summed E-state index contributed by atoms with van der Waals surface area (Å²) in [5, 5.41) is 0. The van der Waals surface area contributed by atoms with Crippen molar-refractivity contribution in [3.05, 3.63) is 59.8 Å². The maximum atomic E-state index is 11.3. The number of anilines is 1. The first-order valence-electron chi connectivity index (χ1n) is 6.59. The van der Waals surface area contributed by atoms with Gasteiger partial charge in [0.2, 0.25) is 0 Å². The number of hydrogen-bond acceptors (Lipinski definition) is 4. The zero-order valence-electron chi connectivity index (χ0n) is 11.6. The van der Waals surface area contributed by atoms with Crippen molar-refractivity contribution in [2.24, 2.45) is 0 Å². The Kier molecular flexibility index (Phi) is 4.64. The van der Waals surface area contributed by atoms with E-state index < -0.39 is 0 Å². The van der Waals surface area contributed by atoms with Crippen LogP contribution < -0.4 is 4.90 Å². The Hall–Kier alpha value is -2.45. The molecule has 0 radical (unpaired) electrons. The van der Waals surface area contributed by atoms with Crippen molar-refractivity contribution in [2.75, 3.05) is 18.1 Å². The lowest BCUT2D eigenvalue weighted by Crippen LogP contribution is -2.23. The highest BCUT2D eigenvalue weighted by Crippen LogP contribution is 2.29. The minimum absolute atomic E-state index is 0.349. The molecule has 4 nitrogen and oxygen atoms in total. The molecule has 1 aromatic carbocycles. The average Bonchev–Trinajstić information content (AvgIpc) is 2.48. The van der Waals surface area contributed by atoms with Gasteiger partial charge in [-0.3, -0.25) is 0 Å². The van der Waals surface area contributed by atoms with Crippen LogP contribution in [0.25, 0.3) is 0 Å². The third-order valence-electron chi connectivity index (χ3n) is 2.75. The lowest BCUT2D eigenvalue weighted by Gasteiger charge is -2.27. The van der Waals surface area contributed by atoms with Crippen LogP contribution in [-0.4, -0.2) is 19.2 Å². The first kappa shape index (κ1) is 14.0. The van der Waals surface area contributed by atoms with Crippen molar-refractivity contribution < 1.29 is 14.3 Å². The van der Waals surface area contributed by atoms with E-state index in [2.05, 4.69) is 0 Å². The first-order chi connectivity index (χ1) is 9.80. The molecule has 0 saturated carbocycles. The molecule has 0 spiro atoms. The van der Waals surface area contributed by atoms with Gasteiger partial charge in [0.05, 0.1) is 19.4 Å². The van der Waals surface area contributed by atoms with Gasteiger partial charge in [-0.2, -0.15) is 0 Å². The van der Waals surface area contributed by atoms with Gasteiger partial charge < -0.3 is 14.4 Å². The molecule has 0 saturated heterocycles. The van der Waals surface area contributed by atoms with Gasteiger partial charge in [0.1, 0.15) is 5.76 Å². The molecule has 20 heavy (non-hydrogen) atoms. The van der Waals surface area contributed by atoms with Crippen molar-refractivity contribution in [1.29, 1.82) is 0 Å². The van der Waals surface area contributed by atoms with E-state index in [1.165, 1.54) is 0 Å². The zero-order valence-corrected chi connectivity index (χ0v) is 11.6. The summed E-state index contributed by atoms with van der Waals surface area (Å²) < 4.78 is 11.0. The molecule has 1 aliphatic heterocycles. The fourth-order valence-corrected chi connectivity index (χ4v) is 1.95. The molecule has 0 aliphatic carbocycles. The van der Waals surface area contributed by atoms with Crippen LogP contribution in [0.15, 0.2) is 59.8 Å². The van der Waals surface area contributed by atoms with Gasteiger partial charge >= 0.3 is 0 Å². The molecular formula is C16H17NO3. The minimum atomic E-state index is 0.349. The normalized spacial score (nSPS) is 14.3. The average molecular weight is 271 g/mol. The van der Waals surface area contributed by atoms with Crippen molar-refractivity contribution in [2.45, 2.75) is 13.8 Å². The number of allylic oxidation sites excluding steroid dienone is 1. The highest BCUT2D eigenvalue weighted by molar-refractivity contribution is 5.73. The topological polar surface area (TPSA) is 38.8 Å². The fraction of sp³-hybridized carbons (Fsp3) is 0.250. The number of para-hydroxylation sites is 1. The Labute approximate surface area is 118 Å². The van der Waals surface area contributed by atoms with Crippen molar-refractivity contribution in [3.63, 3.8) is 0 Å². The molecule has 2 rings (SSSR count). The number of nitrogens with zero attached hydrogens (tertiary/aromatic N) is 1. The highest BCUT2D eigenvalue weighted by Gasteiger charge is 2.22. The van der Waals surface area contributed by atoms with E-state index in [-0.39, 0.29) is 0 Å².